The van der Waals surface area contributed by atoms with E-state index in [-0.39, 0.29) is 24.0 Å². The second kappa shape index (κ2) is 15.9. The highest BCUT2D eigenvalue weighted by molar-refractivity contribution is 14.0. The van der Waals surface area contributed by atoms with Crippen molar-refractivity contribution in [3.8, 4) is 0 Å². The van der Waals surface area contributed by atoms with E-state index in [2.05, 4.69) is 53.5 Å². The maximum Gasteiger partial charge on any atom is 0.191 e. The maximum absolute atomic E-state index is 5.83. The summed E-state index contributed by atoms with van der Waals surface area (Å²) in [6.45, 7) is 14.0. The first-order valence-corrected chi connectivity index (χ1v) is 10.7. The van der Waals surface area contributed by atoms with Crippen molar-refractivity contribution in [3.05, 3.63) is 35.9 Å². The van der Waals surface area contributed by atoms with E-state index >= 15 is 0 Å². The minimum Gasteiger partial charge on any atom is -0.376 e. The minimum atomic E-state index is 0. The highest BCUT2D eigenvalue weighted by atomic mass is 127. The van der Waals surface area contributed by atoms with E-state index in [1.807, 2.05) is 18.2 Å². The van der Waals surface area contributed by atoms with Crippen LogP contribution < -0.4 is 10.6 Å². The molecule has 0 spiro atoms. The van der Waals surface area contributed by atoms with Gasteiger partial charge in [-0.1, -0.05) is 37.3 Å². The lowest BCUT2D eigenvalue weighted by Gasteiger charge is -2.21. The van der Waals surface area contributed by atoms with Crippen molar-refractivity contribution >= 4 is 29.9 Å². The van der Waals surface area contributed by atoms with Gasteiger partial charge in [0.05, 0.1) is 13.2 Å². The molecule has 166 valence electrons. The molecule has 1 aromatic rings. The van der Waals surface area contributed by atoms with Crippen molar-refractivity contribution in [1.82, 2.24) is 20.4 Å². The van der Waals surface area contributed by atoms with Gasteiger partial charge in [-0.05, 0) is 45.0 Å². The van der Waals surface area contributed by atoms with Crippen molar-refractivity contribution < 1.29 is 4.74 Å². The predicted octanol–water partition coefficient (Wildman–Crippen LogP) is 2.65. The van der Waals surface area contributed by atoms with E-state index in [9.17, 15) is 0 Å². The maximum atomic E-state index is 5.83. The van der Waals surface area contributed by atoms with Crippen LogP contribution in [0.2, 0.25) is 0 Å². The Morgan fingerprint density at radius 1 is 1.14 bits per heavy atom. The van der Waals surface area contributed by atoms with Gasteiger partial charge in [-0.3, -0.25) is 4.99 Å². The average molecular weight is 518 g/mol. The molecule has 0 saturated carbocycles. The summed E-state index contributed by atoms with van der Waals surface area (Å²) >= 11 is 0. The van der Waals surface area contributed by atoms with Crippen LogP contribution in [-0.2, 0) is 11.3 Å². The predicted molar refractivity (Wildman–Crippen MR) is 133 cm³/mol. The van der Waals surface area contributed by atoms with Gasteiger partial charge in [0.2, 0.25) is 0 Å². The molecule has 1 heterocycles. The first-order valence-electron chi connectivity index (χ1n) is 10.7. The van der Waals surface area contributed by atoms with E-state index in [1.165, 1.54) is 25.1 Å². The van der Waals surface area contributed by atoms with Crippen LogP contribution >= 0.6 is 24.0 Å². The summed E-state index contributed by atoms with van der Waals surface area (Å²) in [6.07, 6.45) is 1.26. The van der Waals surface area contributed by atoms with Crippen LogP contribution in [0.1, 0.15) is 25.8 Å². The summed E-state index contributed by atoms with van der Waals surface area (Å²) in [4.78, 5) is 9.70. The van der Waals surface area contributed by atoms with Crippen LogP contribution in [-0.4, -0.2) is 81.8 Å². The molecule has 1 fully saturated rings. The third kappa shape index (κ3) is 11.8. The number of aliphatic imine (C=N–C) groups is 1. The Morgan fingerprint density at radius 3 is 2.69 bits per heavy atom. The van der Waals surface area contributed by atoms with Gasteiger partial charge < -0.3 is 25.2 Å². The lowest BCUT2D eigenvalue weighted by atomic mass is 10.2. The summed E-state index contributed by atoms with van der Waals surface area (Å²) in [6, 6.07) is 10.3. The number of guanidine groups is 1. The molecule has 1 aromatic carbocycles. The summed E-state index contributed by atoms with van der Waals surface area (Å²) in [5, 5.41) is 6.83. The van der Waals surface area contributed by atoms with Gasteiger partial charge in [-0.2, -0.15) is 0 Å². The van der Waals surface area contributed by atoms with Gasteiger partial charge in [0.25, 0.3) is 0 Å². The molecule has 1 aliphatic heterocycles. The van der Waals surface area contributed by atoms with Crippen molar-refractivity contribution in [3.63, 3.8) is 0 Å². The number of nitrogens with zero attached hydrogens (tertiary/aromatic N) is 3. The number of likely N-dealkylation sites (N-methyl/N-ethyl adjacent to an activating group) is 1. The highest BCUT2D eigenvalue weighted by Gasteiger charge is 2.11. The van der Waals surface area contributed by atoms with Crippen molar-refractivity contribution in [2.24, 2.45) is 10.9 Å². The molecule has 1 aliphatic rings. The first kappa shape index (κ1) is 26.1. The Labute approximate surface area is 194 Å². The second-order valence-electron chi connectivity index (χ2n) is 7.75. The Hall–Kier alpha value is -0.900. The number of benzene rings is 1. The van der Waals surface area contributed by atoms with Gasteiger partial charge in [-0.25, -0.2) is 0 Å². The zero-order valence-electron chi connectivity index (χ0n) is 18.4. The smallest absolute Gasteiger partial charge is 0.191 e. The molecule has 29 heavy (non-hydrogen) atoms. The van der Waals surface area contributed by atoms with Crippen molar-refractivity contribution in [1.29, 1.82) is 0 Å². The molecule has 1 atom stereocenters. The molecule has 0 aromatic heterocycles. The Morgan fingerprint density at radius 2 is 1.93 bits per heavy atom. The van der Waals surface area contributed by atoms with Crippen LogP contribution in [0.5, 0.6) is 0 Å². The van der Waals surface area contributed by atoms with E-state index < -0.39 is 0 Å². The monoisotopic (exact) mass is 517 g/mol. The normalized spacial score (nSPS) is 17.3. The summed E-state index contributed by atoms with van der Waals surface area (Å²) in [5.74, 6) is 1.30. The fraction of sp³-hybridized carbons (Fsp3) is 0.682. The molecule has 0 amide bonds. The third-order valence-electron chi connectivity index (χ3n) is 4.95. The fourth-order valence-electron chi connectivity index (χ4n) is 3.25. The van der Waals surface area contributed by atoms with E-state index in [4.69, 9.17) is 9.73 Å². The van der Waals surface area contributed by atoms with Gasteiger partial charge in [-0.15, -0.1) is 24.0 Å². The topological polar surface area (TPSA) is 52.1 Å². The Kier molecular flexibility index (Phi) is 14.3. The summed E-state index contributed by atoms with van der Waals surface area (Å²) in [7, 11) is 2.21. The van der Waals surface area contributed by atoms with Crippen LogP contribution in [0.25, 0.3) is 0 Å². The molecule has 1 unspecified atom stereocenters. The fourth-order valence-corrected chi connectivity index (χ4v) is 3.25. The van der Waals surface area contributed by atoms with Crippen molar-refractivity contribution in [2.45, 2.75) is 26.9 Å². The van der Waals surface area contributed by atoms with Crippen LogP contribution in [0, 0.1) is 5.92 Å². The number of nitrogens with one attached hydrogen (secondary N) is 2. The van der Waals surface area contributed by atoms with Crippen LogP contribution in [0.3, 0.4) is 0 Å². The number of hydrogen-bond donors (Lipinski definition) is 2. The van der Waals surface area contributed by atoms with Gasteiger partial charge in [0.1, 0.15) is 0 Å². The molecule has 0 bridgehead atoms. The first-order chi connectivity index (χ1) is 13.7. The van der Waals surface area contributed by atoms with Crippen LogP contribution in [0.4, 0.5) is 0 Å². The molecule has 0 radical (unpaired) electrons. The lowest BCUT2D eigenvalue weighted by Crippen LogP contribution is -2.42. The van der Waals surface area contributed by atoms with E-state index in [0.717, 1.165) is 51.8 Å². The Bertz CT molecular complexity index is 557. The number of ether oxygens (including phenoxy) is 1. The van der Waals surface area contributed by atoms with E-state index in [0.29, 0.717) is 12.5 Å². The molecule has 7 heteroatoms. The molecule has 1 saturated heterocycles. The molecular weight excluding hydrogens is 477 g/mol. The SMILES string of the molecule is CCNC(=NCC(C)COCc1ccccc1)NCCN1CCCN(C)CC1.I. The molecular formula is C22H40IN5O. The number of hydrogen-bond acceptors (Lipinski definition) is 4. The summed E-state index contributed by atoms with van der Waals surface area (Å²) < 4.78 is 5.83. The summed E-state index contributed by atoms with van der Waals surface area (Å²) in [5.41, 5.74) is 1.22. The number of halogens is 1. The lowest BCUT2D eigenvalue weighted by molar-refractivity contribution is 0.0945. The standard InChI is InChI=1S/C22H39N5O.HI/c1-4-23-22(24-11-14-27-13-8-12-26(3)15-16-27)25-17-20(2)18-28-19-21-9-6-5-7-10-21;/h5-7,9-10,20H,4,8,11-19H2,1-3H3,(H2,23,24,25);1H. The van der Waals surface area contributed by atoms with Gasteiger partial charge in [0, 0.05) is 39.3 Å². The zero-order valence-corrected chi connectivity index (χ0v) is 20.7. The minimum absolute atomic E-state index is 0. The molecule has 6 nitrogen and oxygen atoms in total. The molecule has 2 N–H and O–H groups in total. The van der Waals surface area contributed by atoms with Crippen molar-refractivity contribution in [2.75, 3.05) is 66.0 Å². The number of rotatable bonds is 10. The second-order valence-corrected chi connectivity index (χ2v) is 7.75. The Balaban J connectivity index is 0.00000420. The van der Waals surface area contributed by atoms with Gasteiger partial charge in [0.15, 0.2) is 5.96 Å². The molecule has 2 rings (SSSR count). The average Bonchev–Trinajstić information content (AvgIpc) is 2.91. The van der Waals surface area contributed by atoms with E-state index in [1.54, 1.807) is 0 Å². The zero-order chi connectivity index (χ0) is 20.0. The van der Waals surface area contributed by atoms with Crippen LogP contribution in [0.15, 0.2) is 35.3 Å². The van der Waals surface area contributed by atoms with Gasteiger partial charge >= 0.3 is 0 Å². The quantitative estimate of drug-likeness (QED) is 0.284. The largest absolute Gasteiger partial charge is 0.376 e. The highest BCUT2D eigenvalue weighted by Crippen LogP contribution is 2.04. The molecule has 0 aliphatic carbocycles. The third-order valence-corrected chi connectivity index (χ3v) is 4.95.